The molecule has 8 heteroatoms. The molecule has 3 rings (SSSR count). The molecule has 2 aromatic rings. The van der Waals surface area contributed by atoms with E-state index >= 15 is 0 Å². The fraction of sp³-hybridized carbons (Fsp3) is 0.353. The number of hydrogen-bond acceptors (Lipinski definition) is 4. The molecule has 25 heavy (non-hydrogen) atoms. The third kappa shape index (κ3) is 4.46. The summed E-state index contributed by atoms with van der Waals surface area (Å²) in [5.74, 6) is -0.116. The van der Waals surface area contributed by atoms with Gasteiger partial charge in [0.25, 0.3) is 5.91 Å². The van der Waals surface area contributed by atoms with Gasteiger partial charge in [-0.25, -0.2) is 9.97 Å². The highest BCUT2D eigenvalue weighted by Gasteiger charge is 2.30. The van der Waals surface area contributed by atoms with Gasteiger partial charge in [-0.05, 0) is 31.0 Å². The van der Waals surface area contributed by atoms with Crippen LogP contribution in [0.2, 0.25) is 0 Å². The largest absolute Gasteiger partial charge is 0.416 e. The number of alkyl halides is 3. The van der Waals surface area contributed by atoms with Crippen molar-refractivity contribution in [1.29, 1.82) is 0 Å². The van der Waals surface area contributed by atoms with Crippen molar-refractivity contribution in [2.45, 2.75) is 37.9 Å². The van der Waals surface area contributed by atoms with Crippen LogP contribution in [0.5, 0.6) is 0 Å². The van der Waals surface area contributed by atoms with Crippen LogP contribution in [0.3, 0.4) is 0 Å². The fourth-order valence-corrected chi connectivity index (χ4v) is 2.75. The maximum atomic E-state index is 12.7. The molecule has 0 saturated heterocycles. The number of carbonyl (C=O) groups excluding carboxylic acids is 1. The van der Waals surface area contributed by atoms with Gasteiger partial charge in [0, 0.05) is 24.1 Å². The summed E-state index contributed by atoms with van der Waals surface area (Å²) in [4.78, 5) is 20.3. The molecule has 2 N–H and O–H groups in total. The van der Waals surface area contributed by atoms with Crippen molar-refractivity contribution in [1.82, 2.24) is 9.97 Å². The van der Waals surface area contributed by atoms with Crippen molar-refractivity contribution in [3.63, 3.8) is 0 Å². The van der Waals surface area contributed by atoms with E-state index < -0.39 is 17.6 Å². The third-order valence-corrected chi connectivity index (χ3v) is 4.05. The Morgan fingerprint density at radius 1 is 1.12 bits per heavy atom. The second-order valence-electron chi connectivity index (χ2n) is 5.95. The number of hydrogen-bond donors (Lipinski definition) is 2. The Hall–Kier alpha value is -2.64. The standard InChI is InChI=1S/C17H17F3N4O/c18-17(19,20)12-4-3-7-14(8-12)23-15(25)11-9-21-16(22-10-11)24-13-5-1-2-6-13/h3-4,7-10,13H,1-2,5-6H2,(H,23,25)(H,21,22,24). The molecule has 1 aliphatic rings. The van der Waals surface area contributed by atoms with E-state index in [1.807, 2.05) is 0 Å². The van der Waals surface area contributed by atoms with Crippen LogP contribution in [0.25, 0.3) is 0 Å². The zero-order valence-electron chi connectivity index (χ0n) is 13.3. The van der Waals surface area contributed by atoms with Crippen LogP contribution >= 0.6 is 0 Å². The van der Waals surface area contributed by atoms with E-state index in [2.05, 4.69) is 20.6 Å². The van der Waals surface area contributed by atoms with Gasteiger partial charge in [-0.1, -0.05) is 18.9 Å². The lowest BCUT2D eigenvalue weighted by atomic mass is 10.2. The van der Waals surface area contributed by atoms with Crippen LogP contribution < -0.4 is 10.6 Å². The minimum Gasteiger partial charge on any atom is -0.351 e. The van der Waals surface area contributed by atoms with Crippen LogP contribution in [0.15, 0.2) is 36.7 Å². The van der Waals surface area contributed by atoms with Gasteiger partial charge in [0.15, 0.2) is 0 Å². The molecule has 1 saturated carbocycles. The summed E-state index contributed by atoms with van der Waals surface area (Å²) in [6.45, 7) is 0. The van der Waals surface area contributed by atoms with Crippen LogP contribution in [-0.2, 0) is 6.18 Å². The summed E-state index contributed by atoms with van der Waals surface area (Å²) in [7, 11) is 0. The van der Waals surface area contributed by atoms with Gasteiger partial charge in [0.05, 0.1) is 11.1 Å². The number of amides is 1. The predicted molar refractivity (Wildman–Crippen MR) is 87.3 cm³/mol. The Morgan fingerprint density at radius 2 is 1.80 bits per heavy atom. The Balaban J connectivity index is 1.65. The lowest BCUT2D eigenvalue weighted by Gasteiger charge is -2.12. The molecule has 0 unspecified atom stereocenters. The molecule has 0 radical (unpaired) electrons. The first-order valence-electron chi connectivity index (χ1n) is 7.99. The van der Waals surface area contributed by atoms with Gasteiger partial charge in [-0.15, -0.1) is 0 Å². The third-order valence-electron chi connectivity index (χ3n) is 4.05. The number of nitrogens with zero attached hydrogens (tertiary/aromatic N) is 2. The molecule has 1 aliphatic carbocycles. The smallest absolute Gasteiger partial charge is 0.351 e. The molecular weight excluding hydrogens is 333 g/mol. The van der Waals surface area contributed by atoms with Crippen molar-refractivity contribution in [3.05, 3.63) is 47.8 Å². The summed E-state index contributed by atoms with van der Waals surface area (Å²) < 4.78 is 38.1. The number of nitrogens with one attached hydrogen (secondary N) is 2. The first-order chi connectivity index (χ1) is 11.9. The highest BCUT2D eigenvalue weighted by atomic mass is 19.4. The molecule has 1 amide bonds. The minimum absolute atomic E-state index is 0.0629. The number of benzene rings is 1. The lowest BCUT2D eigenvalue weighted by molar-refractivity contribution is -0.137. The molecule has 0 aliphatic heterocycles. The van der Waals surface area contributed by atoms with Crippen LogP contribution in [-0.4, -0.2) is 21.9 Å². The van der Waals surface area contributed by atoms with Gasteiger partial charge in [-0.3, -0.25) is 4.79 Å². The predicted octanol–water partition coefficient (Wildman–Crippen LogP) is 4.10. The number of aromatic nitrogens is 2. The highest BCUT2D eigenvalue weighted by molar-refractivity contribution is 6.03. The Bertz CT molecular complexity index is 740. The topological polar surface area (TPSA) is 66.9 Å². The molecular formula is C17H17F3N4O. The summed E-state index contributed by atoms with van der Waals surface area (Å²) in [5, 5.41) is 5.63. The number of rotatable bonds is 4. The van der Waals surface area contributed by atoms with Gasteiger partial charge in [0.1, 0.15) is 0 Å². The quantitative estimate of drug-likeness (QED) is 0.871. The summed E-state index contributed by atoms with van der Waals surface area (Å²) >= 11 is 0. The van der Waals surface area contributed by atoms with Crippen molar-refractivity contribution in [3.8, 4) is 0 Å². The van der Waals surface area contributed by atoms with Gasteiger partial charge < -0.3 is 10.6 Å². The summed E-state index contributed by atoms with van der Waals surface area (Å²) in [5.41, 5.74) is -0.583. The van der Waals surface area contributed by atoms with Crippen LogP contribution in [0.1, 0.15) is 41.6 Å². The molecule has 1 aromatic carbocycles. The molecule has 0 atom stereocenters. The Kier molecular flexibility index (Phi) is 4.87. The zero-order valence-corrected chi connectivity index (χ0v) is 13.3. The van der Waals surface area contributed by atoms with E-state index in [0.717, 1.165) is 25.0 Å². The Morgan fingerprint density at radius 3 is 2.44 bits per heavy atom. The molecule has 0 bridgehead atoms. The van der Waals surface area contributed by atoms with Gasteiger partial charge >= 0.3 is 6.18 Å². The van der Waals surface area contributed by atoms with E-state index in [4.69, 9.17) is 0 Å². The number of halogens is 3. The molecule has 1 aromatic heterocycles. The average Bonchev–Trinajstić information content (AvgIpc) is 3.08. The molecule has 132 valence electrons. The molecule has 5 nitrogen and oxygen atoms in total. The molecule has 0 spiro atoms. The Labute approximate surface area is 142 Å². The van der Waals surface area contributed by atoms with E-state index in [1.54, 1.807) is 0 Å². The van der Waals surface area contributed by atoms with Gasteiger partial charge in [0.2, 0.25) is 5.95 Å². The number of carbonyl (C=O) groups is 1. The van der Waals surface area contributed by atoms with E-state index in [-0.39, 0.29) is 11.3 Å². The van der Waals surface area contributed by atoms with Crippen LogP contribution in [0, 0.1) is 0 Å². The minimum atomic E-state index is -4.46. The fourth-order valence-electron chi connectivity index (χ4n) is 2.75. The van der Waals surface area contributed by atoms with E-state index in [0.29, 0.717) is 12.0 Å². The second kappa shape index (κ2) is 7.08. The van der Waals surface area contributed by atoms with Gasteiger partial charge in [-0.2, -0.15) is 13.2 Å². The SMILES string of the molecule is O=C(Nc1cccc(C(F)(F)F)c1)c1cnc(NC2CCCC2)nc1. The monoisotopic (exact) mass is 350 g/mol. The summed E-state index contributed by atoms with van der Waals surface area (Å²) in [6.07, 6.45) is 2.74. The van der Waals surface area contributed by atoms with E-state index in [9.17, 15) is 18.0 Å². The normalized spacial score (nSPS) is 15.2. The van der Waals surface area contributed by atoms with Crippen LogP contribution in [0.4, 0.5) is 24.8 Å². The second-order valence-corrected chi connectivity index (χ2v) is 5.95. The average molecular weight is 350 g/mol. The van der Waals surface area contributed by atoms with Crippen molar-refractivity contribution in [2.75, 3.05) is 10.6 Å². The lowest BCUT2D eigenvalue weighted by Crippen LogP contribution is -2.18. The highest BCUT2D eigenvalue weighted by Crippen LogP contribution is 2.30. The maximum Gasteiger partial charge on any atom is 0.416 e. The zero-order chi connectivity index (χ0) is 17.9. The number of anilines is 2. The molecule has 1 fully saturated rings. The van der Waals surface area contributed by atoms with Crippen molar-refractivity contribution < 1.29 is 18.0 Å². The first kappa shape index (κ1) is 17.2. The summed E-state index contributed by atoms with van der Waals surface area (Å²) in [6, 6.07) is 4.81. The van der Waals surface area contributed by atoms with Crippen molar-refractivity contribution >= 4 is 17.5 Å². The first-order valence-corrected chi connectivity index (χ1v) is 7.99. The maximum absolute atomic E-state index is 12.7. The molecule has 1 heterocycles. The van der Waals surface area contributed by atoms with Crippen molar-refractivity contribution in [2.24, 2.45) is 0 Å². The van der Waals surface area contributed by atoms with E-state index in [1.165, 1.54) is 37.4 Å².